The maximum atomic E-state index is 13.9. The SMILES string of the molecule is CCNC(=NCCc1nc(C(C)C)no1)NC(C)c1ccc(OC)c(F)c1.I. The average Bonchev–Trinajstić information content (AvgIpc) is 3.11. The second-order valence-corrected chi connectivity index (χ2v) is 6.47. The van der Waals surface area contributed by atoms with Crippen LogP contribution < -0.4 is 15.4 Å². The summed E-state index contributed by atoms with van der Waals surface area (Å²) in [6, 6.07) is 4.79. The molecule has 2 aromatic rings. The number of aliphatic imine (C=N–C) groups is 1. The van der Waals surface area contributed by atoms with Crippen molar-refractivity contribution in [1.82, 2.24) is 20.8 Å². The number of ether oxygens (including phenoxy) is 1. The fourth-order valence-corrected chi connectivity index (χ4v) is 2.43. The second kappa shape index (κ2) is 11.8. The molecule has 7 nitrogen and oxygen atoms in total. The van der Waals surface area contributed by atoms with Crippen LogP contribution in [0.5, 0.6) is 5.75 Å². The first-order valence-corrected chi connectivity index (χ1v) is 9.15. The Morgan fingerprint density at radius 3 is 2.64 bits per heavy atom. The number of aromatic nitrogens is 2. The zero-order valence-electron chi connectivity index (χ0n) is 17.0. The van der Waals surface area contributed by atoms with Gasteiger partial charge in [0.25, 0.3) is 0 Å². The van der Waals surface area contributed by atoms with Crippen LogP contribution in [0.4, 0.5) is 4.39 Å². The van der Waals surface area contributed by atoms with Crippen molar-refractivity contribution in [3.05, 3.63) is 41.3 Å². The van der Waals surface area contributed by atoms with Gasteiger partial charge in [-0.15, -0.1) is 24.0 Å². The molecular formula is C19H29FIN5O2. The number of nitrogens with zero attached hydrogens (tertiary/aromatic N) is 3. The average molecular weight is 505 g/mol. The molecule has 156 valence electrons. The van der Waals surface area contributed by atoms with Crippen LogP contribution in [0.3, 0.4) is 0 Å². The molecule has 2 N–H and O–H groups in total. The van der Waals surface area contributed by atoms with E-state index in [0.29, 0.717) is 37.2 Å². The summed E-state index contributed by atoms with van der Waals surface area (Å²) in [5.74, 6) is 1.99. The number of guanidine groups is 1. The highest BCUT2D eigenvalue weighted by molar-refractivity contribution is 14.0. The zero-order chi connectivity index (χ0) is 19.8. The van der Waals surface area contributed by atoms with Crippen molar-refractivity contribution in [2.45, 2.75) is 46.1 Å². The van der Waals surface area contributed by atoms with E-state index in [-0.39, 0.29) is 47.5 Å². The highest BCUT2D eigenvalue weighted by atomic mass is 127. The van der Waals surface area contributed by atoms with Crippen LogP contribution >= 0.6 is 24.0 Å². The maximum absolute atomic E-state index is 13.9. The van der Waals surface area contributed by atoms with E-state index in [0.717, 1.165) is 5.56 Å². The van der Waals surface area contributed by atoms with E-state index < -0.39 is 0 Å². The smallest absolute Gasteiger partial charge is 0.228 e. The van der Waals surface area contributed by atoms with Crippen molar-refractivity contribution in [2.75, 3.05) is 20.2 Å². The molecule has 9 heteroatoms. The van der Waals surface area contributed by atoms with Crippen molar-refractivity contribution < 1.29 is 13.7 Å². The molecule has 0 saturated carbocycles. The fraction of sp³-hybridized carbons (Fsp3) is 0.526. The summed E-state index contributed by atoms with van der Waals surface area (Å²) >= 11 is 0. The Hall–Kier alpha value is -1.91. The van der Waals surface area contributed by atoms with Gasteiger partial charge in [0.1, 0.15) is 0 Å². The summed E-state index contributed by atoms with van der Waals surface area (Å²) in [6.07, 6.45) is 0.557. The number of hydrogen-bond acceptors (Lipinski definition) is 5. The predicted molar refractivity (Wildman–Crippen MR) is 118 cm³/mol. The van der Waals surface area contributed by atoms with Crippen LogP contribution in [0.1, 0.15) is 56.9 Å². The number of benzene rings is 1. The number of halogens is 2. The van der Waals surface area contributed by atoms with E-state index >= 15 is 0 Å². The Balaban J connectivity index is 0.00000392. The molecule has 0 spiro atoms. The monoisotopic (exact) mass is 505 g/mol. The van der Waals surface area contributed by atoms with Crippen molar-refractivity contribution in [3.8, 4) is 5.75 Å². The number of rotatable bonds is 8. The first kappa shape index (κ1) is 24.1. The topological polar surface area (TPSA) is 84.6 Å². The molecule has 1 heterocycles. The Kier molecular flexibility index (Phi) is 10.2. The van der Waals surface area contributed by atoms with E-state index in [4.69, 9.17) is 9.26 Å². The molecule has 0 fully saturated rings. The summed E-state index contributed by atoms with van der Waals surface area (Å²) in [5.41, 5.74) is 0.803. The molecule has 0 aliphatic rings. The molecule has 1 aromatic heterocycles. The van der Waals surface area contributed by atoms with Gasteiger partial charge in [0, 0.05) is 18.9 Å². The van der Waals surface area contributed by atoms with Gasteiger partial charge < -0.3 is 19.9 Å². The quantitative estimate of drug-likeness (QED) is 0.323. The normalized spacial score (nSPS) is 12.5. The first-order chi connectivity index (χ1) is 12.9. The molecule has 1 atom stereocenters. The highest BCUT2D eigenvalue weighted by Gasteiger charge is 2.12. The van der Waals surface area contributed by atoms with Crippen molar-refractivity contribution in [2.24, 2.45) is 4.99 Å². The molecule has 0 radical (unpaired) electrons. The van der Waals surface area contributed by atoms with E-state index in [1.54, 1.807) is 6.07 Å². The largest absolute Gasteiger partial charge is 0.494 e. The number of hydrogen-bond donors (Lipinski definition) is 2. The van der Waals surface area contributed by atoms with Crippen LogP contribution in [0.15, 0.2) is 27.7 Å². The number of nitrogens with one attached hydrogen (secondary N) is 2. The van der Waals surface area contributed by atoms with Gasteiger partial charge in [-0.25, -0.2) is 4.39 Å². The maximum Gasteiger partial charge on any atom is 0.228 e. The molecule has 0 amide bonds. The summed E-state index contributed by atoms with van der Waals surface area (Å²) in [4.78, 5) is 8.88. The summed E-state index contributed by atoms with van der Waals surface area (Å²) in [7, 11) is 1.45. The van der Waals surface area contributed by atoms with Crippen molar-refractivity contribution in [1.29, 1.82) is 0 Å². The Labute approximate surface area is 182 Å². The fourth-order valence-electron chi connectivity index (χ4n) is 2.43. The third-order valence-electron chi connectivity index (χ3n) is 3.97. The molecule has 0 aliphatic heterocycles. The minimum Gasteiger partial charge on any atom is -0.494 e. The van der Waals surface area contributed by atoms with Crippen LogP contribution in [-0.2, 0) is 6.42 Å². The first-order valence-electron chi connectivity index (χ1n) is 9.15. The third-order valence-corrected chi connectivity index (χ3v) is 3.97. The number of methoxy groups -OCH3 is 1. The van der Waals surface area contributed by atoms with Gasteiger partial charge in [0.05, 0.1) is 19.7 Å². The molecule has 28 heavy (non-hydrogen) atoms. The standard InChI is InChI=1S/C19H28FN5O2.HI/c1-6-21-19(22-10-9-17-24-18(12(2)3)25-27-17)23-13(4)14-7-8-16(26-5)15(20)11-14;/h7-8,11-13H,6,9-10H2,1-5H3,(H2,21,22,23);1H. The molecule has 1 aromatic carbocycles. The molecule has 0 aliphatic carbocycles. The van der Waals surface area contributed by atoms with E-state index in [9.17, 15) is 4.39 Å². The van der Waals surface area contributed by atoms with E-state index in [1.807, 2.05) is 33.8 Å². The van der Waals surface area contributed by atoms with Crippen LogP contribution in [0, 0.1) is 5.82 Å². The van der Waals surface area contributed by atoms with Gasteiger partial charge in [0.15, 0.2) is 23.4 Å². The molecule has 1 unspecified atom stereocenters. The Morgan fingerprint density at radius 2 is 2.07 bits per heavy atom. The van der Waals surface area contributed by atoms with Gasteiger partial charge in [-0.2, -0.15) is 4.98 Å². The lowest BCUT2D eigenvalue weighted by atomic mass is 10.1. The minimum atomic E-state index is -0.386. The Morgan fingerprint density at radius 1 is 1.32 bits per heavy atom. The van der Waals surface area contributed by atoms with Gasteiger partial charge in [-0.1, -0.05) is 25.1 Å². The third kappa shape index (κ3) is 6.92. The van der Waals surface area contributed by atoms with Gasteiger partial charge in [0.2, 0.25) is 5.89 Å². The minimum absolute atomic E-state index is 0. The summed E-state index contributed by atoms with van der Waals surface area (Å²) in [5, 5.41) is 10.4. The molecule has 2 rings (SSSR count). The predicted octanol–water partition coefficient (Wildman–Crippen LogP) is 3.82. The van der Waals surface area contributed by atoms with Crippen molar-refractivity contribution in [3.63, 3.8) is 0 Å². The van der Waals surface area contributed by atoms with Gasteiger partial charge in [-0.3, -0.25) is 4.99 Å². The lowest BCUT2D eigenvalue weighted by molar-refractivity contribution is 0.372. The van der Waals surface area contributed by atoms with E-state index in [2.05, 4.69) is 25.8 Å². The summed E-state index contributed by atoms with van der Waals surface area (Å²) < 4.78 is 24.1. The van der Waals surface area contributed by atoms with E-state index in [1.165, 1.54) is 13.2 Å². The molecule has 0 saturated heterocycles. The van der Waals surface area contributed by atoms with Crippen LogP contribution in [0.2, 0.25) is 0 Å². The Bertz CT molecular complexity index is 767. The van der Waals surface area contributed by atoms with Gasteiger partial charge in [-0.05, 0) is 31.5 Å². The van der Waals surface area contributed by atoms with Crippen LogP contribution in [0.25, 0.3) is 0 Å². The lowest BCUT2D eigenvalue weighted by Crippen LogP contribution is -2.38. The lowest BCUT2D eigenvalue weighted by Gasteiger charge is -2.18. The summed E-state index contributed by atoms with van der Waals surface area (Å²) in [6.45, 7) is 9.18. The highest BCUT2D eigenvalue weighted by Crippen LogP contribution is 2.21. The second-order valence-electron chi connectivity index (χ2n) is 6.47. The van der Waals surface area contributed by atoms with Gasteiger partial charge >= 0.3 is 0 Å². The van der Waals surface area contributed by atoms with Crippen molar-refractivity contribution >= 4 is 29.9 Å². The molecular weight excluding hydrogens is 476 g/mol. The molecule has 0 bridgehead atoms. The van der Waals surface area contributed by atoms with Crippen LogP contribution in [-0.4, -0.2) is 36.3 Å². The zero-order valence-corrected chi connectivity index (χ0v) is 19.3.